The average molecular weight is 155 g/mol. The Kier molecular flexibility index (Phi) is 1.59. The van der Waals surface area contributed by atoms with Crippen molar-refractivity contribution in [2.45, 2.75) is 12.1 Å². The Bertz CT molecular complexity index is 224. The predicted molar refractivity (Wildman–Crippen MR) is 35.9 cm³/mol. The molecule has 0 spiro atoms. The summed E-state index contributed by atoms with van der Waals surface area (Å²) in [7, 11) is 0. The second-order valence-electron chi connectivity index (χ2n) is 2.56. The highest BCUT2D eigenvalue weighted by atomic mass is 16.5. The van der Waals surface area contributed by atoms with Crippen molar-refractivity contribution < 1.29 is 9.84 Å². The predicted octanol–water partition coefficient (Wildman–Crippen LogP) is -0.790. The van der Waals surface area contributed by atoms with E-state index in [-0.39, 0.29) is 6.04 Å². The molecule has 5 nitrogen and oxygen atoms in total. The zero-order chi connectivity index (χ0) is 7.68. The van der Waals surface area contributed by atoms with E-state index in [2.05, 4.69) is 10.3 Å². The van der Waals surface area contributed by atoms with E-state index in [1.54, 1.807) is 17.1 Å². The molecule has 0 saturated carbocycles. The summed E-state index contributed by atoms with van der Waals surface area (Å²) in [4.78, 5) is 0. The lowest BCUT2D eigenvalue weighted by Crippen LogP contribution is -2.22. The Morgan fingerprint density at radius 2 is 2.45 bits per heavy atom. The normalized spacial score (nSPS) is 31.0. The Labute approximate surface area is 63.6 Å². The lowest BCUT2D eigenvalue weighted by molar-refractivity contribution is 0.117. The molecule has 2 rings (SSSR count). The van der Waals surface area contributed by atoms with Crippen molar-refractivity contribution in [1.29, 1.82) is 0 Å². The van der Waals surface area contributed by atoms with Crippen LogP contribution in [0.5, 0.6) is 0 Å². The second kappa shape index (κ2) is 2.60. The van der Waals surface area contributed by atoms with Crippen LogP contribution in [0.3, 0.4) is 0 Å². The molecule has 0 radical (unpaired) electrons. The van der Waals surface area contributed by atoms with Crippen LogP contribution in [0.2, 0.25) is 0 Å². The molecule has 60 valence electrons. The molecular weight excluding hydrogens is 146 g/mol. The first-order chi connectivity index (χ1) is 5.38. The fourth-order valence-electron chi connectivity index (χ4n) is 1.18. The number of nitrogens with zero attached hydrogens (tertiary/aromatic N) is 3. The highest BCUT2D eigenvalue weighted by molar-refractivity contribution is 4.81. The van der Waals surface area contributed by atoms with Crippen molar-refractivity contribution in [3.63, 3.8) is 0 Å². The number of aromatic nitrogens is 3. The maximum Gasteiger partial charge on any atom is 0.105 e. The number of aliphatic hydroxyl groups is 1. The van der Waals surface area contributed by atoms with Crippen molar-refractivity contribution in [2.75, 3.05) is 13.2 Å². The maximum absolute atomic E-state index is 9.35. The van der Waals surface area contributed by atoms with Gasteiger partial charge in [-0.1, -0.05) is 5.21 Å². The monoisotopic (exact) mass is 155 g/mol. The van der Waals surface area contributed by atoms with E-state index in [0.29, 0.717) is 13.2 Å². The molecule has 11 heavy (non-hydrogen) atoms. The highest BCUT2D eigenvalue weighted by Gasteiger charge is 2.27. The molecule has 1 aromatic rings. The van der Waals surface area contributed by atoms with Gasteiger partial charge in [0.2, 0.25) is 0 Å². The highest BCUT2D eigenvalue weighted by Crippen LogP contribution is 2.17. The number of aliphatic hydroxyl groups excluding tert-OH is 1. The van der Waals surface area contributed by atoms with E-state index in [1.165, 1.54) is 0 Å². The summed E-state index contributed by atoms with van der Waals surface area (Å²) in [5.41, 5.74) is 0. The van der Waals surface area contributed by atoms with Gasteiger partial charge in [0.1, 0.15) is 12.1 Å². The van der Waals surface area contributed by atoms with Gasteiger partial charge >= 0.3 is 0 Å². The lowest BCUT2D eigenvalue weighted by atomic mass is 10.2. The number of hydrogen-bond donors (Lipinski definition) is 1. The Hall–Kier alpha value is -0.940. The van der Waals surface area contributed by atoms with Crippen molar-refractivity contribution in [3.8, 4) is 0 Å². The van der Waals surface area contributed by atoms with Crippen LogP contribution in [0.4, 0.5) is 0 Å². The largest absolute Gasteiger partial charge is 0.388 e. The fraction of sp³-hybridized carbons (Fsp3) is 0.667. The summed E-state index contributed by atoms with van der Waals surface area (Å²) in [5, 5.41) is 16.8. The molecule has 1 aliphatic heterocycles. The SMILES string of the molecule is O[C@H]1COC[C@@H]1n1ccnn1. The van der Waals surface area contributed by atoms with Crippen LogP contribution in [-0.2, 0) is 4.74 Å². The van der Waals surface area contributed by atoms with Gasteiger partial charge in [0.25, 0.3) is 0 Å². The van der Waals surface area contributed by atoms with Gasteiger partial charge in [-0.15, -0.1) is 5.10 Å². The van der Waals surface area contributed by atoms with Crippen molar-refractivity contribution >= 4 is 0 Å². The third-order valence-corrected chi connectivity index (χ3v) is 1.80. The van der Waals surface area contributed by atoms with E-state index in [9.17, 15) is 5.11 Å². The molecule has 2 heterocycles. The Morgan fingerprint density at radius 3 is 3.00 bits per heavy atom. The number of rotatable bonds is 1. The molecule has 0 amide bonds. The van der Waals surface area contributed by atoms with E-state index in [4.69, 9.17) is 4.74 Å². The summed E-state index contributed by atoms with van der Waals surface area (Å²) in [6.07, 6.45) is 2.87. The van der Waals surface area contributed by atoms with Crippen molar-refractivity contribution in [3.05, 3.63) is 12.4 Å². The van der Waals surface area contributed by atoms with Crippen LogP contribution in [0.15, 0.2) is 12.4 Å². The molecule has 1 fully saturated rings. The number of ether oxygens (including phenoxy) is 1. The average Bonchev–Trinajstić information content (AvgIpc) is 2.55. The molecule has 0 bridgehead atoms. The maximum atomic E-state index is 9.35. The summed E-state index contributed by atoms with van der Waals surface area (Å²) < 4.78 is 6.68. The Balaban J connectivity index is 2.16. The minimum Gasteiger partial charge on any atom is -0.388 e. The second-order valence-corrected chi connectivity index (χ2v) is 2.56. The first kappa shape index (κ1) is 6.75. The molecule has 0 aliphatic carbocycles. The Morgan fingerprint density at radius 1 is 1.55 bits per heavy atom. The standard InChI is InChI=1S/C6H9N3O2/c10-6-4-11-3-5(6)9-2-1-7-8-9/h1-2,5-6,10H,3-4H2/t5-,6-/m0/s1. The van der Waals surface area contributed by atoms with Crippen LogP contribution in [0.1, 0.15) is 6.04 Å². The minimum atomic E-state index is -0.448. The van der Waals surface area contributed by atoms with Crippen molar-refractivity contribution in [1.82, 2.24) is 15.0 Å². The summed E-state index contributed by atoms with van der Waals surface area (Å²) in [6.45, 7) is 0.912. The van der Waals surface area contributed by atoms with Crippen LogP contribution in [0.25, 0.3) is 0 Å². The van der Waals surface area contributed by atoms with E-state index in [0.717, 1.165) is 0 Å². The molecule has 0 aromatic carbocycles. The van der Waals surface area contributed by atoms with Gasteiger partial charge in [-0.3, -0.25) is 0 Å². The molecule has 1 saturated heterocycles. The molecule has 1 aromatic heterocycles. The van der Waals surface area contributed by atoms with E-state index in [1.807, 2.05) is 0 Å². The molecule has 1 N–H and O–H groups in total. The summed E-state index contributed by atoms with van der Waals surface area (Å²) in [5.74, 6) is 0. The molecule has 1 aliphatic rings. The number of hydrogen-bond acceptors (Lipinski definition) is 4. The topological polar surface area (TPSA) is 60.2 Å². The zero-order valence-corrected chi connectivity index (χ0v) is 5.92. The fourth-order valence-corrected chi connectivity index (χ4v) is 1.18. The third-order valence-electron chi connectivity index (χ3n) is 1.80. The summed E-state index contributed by atoms with van der Waals surface area (Å²) in [6, 6.07) is -0.0579. The first-order valence-corrected chi connectivity index (χ1v) is 3.49. The first-order valence-electron chi connectivity index (χ1n) is 3.49. The quantitative estimate of drug-likeness (QED) is 0.577. The van der Waals surface area contributed by atoms with Gasteiger partial charge in [-0.05, 0) is 0 Å². The summed E-state index contributed by atoms with van der Waals surface area (Å²) >= 11 is 0. The lowest BCUT2D eigenvalue weighted by Gasteiger charge is -2.10. The van der Waals surface area contributed by atoms with Gasteiger partial charge in [-0.2, -0.15) is 0 Å². The molecule has 2 atom stereocenters. The van der Waals surface area contributed by atoms with Crippen LogP contribution in [0, 0.1) is 0 Å². The molecule has 5 heteroatoms. The zero-order valence-electron chi connectivity index (χ0n) is 5.92. The smallest absolute Gasteiger partial charge is 0.105 e. The van der Waals surface area contributed by atoms with Gasteiger partial charge < -0.3 is 9.84 Å². The van der Waals surface area contributed by atoms with E-state index >= 15 is 0 Å². The van der Waals surface area contributed by atoms with Crippen LogP contribution >= 0.6 is 0 Å². The van der Waals surface area contributed by atoms with Gasteiger partial charge in [0.05, 0.1) is 19.4 Å². The molecule has 0 unspecified atom stereocenters. The van der Waals surface area contributed by atoms with Gasteiger partial charge in [0, 0.05) is 6.20 Å². The van der Waals surface area contributed by atoms with Crippen LogP contribution < -0.4 is 0 Å². The van der Waals surface area contributed by atoms with E-state index < -0.39 is 6.10 Å². The molecular formula is C6H9N3O2. The van der Waals surface area contributed by atoms with Gasteiger partial charge in [0.15, 0.2) is 0 Å². The van der Waals surface area contributed by atoms with Gasteiger partial charge in [-0.25, -0.2) is 4.68 Å². The van der Waals surface area contributed by atoms with Crippen LogP contribution in [-0.4, -0.2) is 39.4 Å². The third kappa shape index (κ3) is 1.12. The minimum absolute atomic E-state index is 0.0579. The van der Waals surface area contributed by atoms with Crippen molar-refractivity contribution in [2.24, 2.45) is 0 Å².